The molecule has 0 bridgehead atoms. The van der Waals surface area contributed by atoms with Gasteiger partial charge < -0.3 is 15.1 Å². The van der Waals surface area contributed by atoms with Crippen LogP contribution in [0.3, 0.4) is 0 Å². The van der Waals surface area contributed by atoms with Crippen molar-refractivity contribution >= 4 is 35.2 Å². The third-order valence-electron chi connectivity index (χ3n) is 3.34. The number of carbonyl (C=O) groups is 2. The number of hydrogen-bond acceptors (Lipinski definition) is 4. The van der Waals surface area contributed by atoms with E-state index in [1.54, 1.807) is 54.9 Å². The fourth-order valence-electron chi connectivity index (χ4n) is 2.11. The first-order valence-electron chi connectivity index (χ1n) is 7.65. The molecule has 0 saturated heterocycles. The maximum absolute atomic E-state index is 12.6. The van der Waals surface area contributed by atoms with Crippen molar-refractivity contribution < 1.29 is 14.0 Å². The number of anilines is 1. The molecule has 0 aliphatic carbocycles. The van der Waals surface area contributed by atoms with Gasteiger partial charge in [0.1, 0.15) is 5.70 Å². The molecule has 2 aromatic heterocycles. The summed E-state index contributed by atoms with van der Waals surface area (Å²) in [5.74, 6) is -0.922. The minimum atomic E-state index is -0.531. The van der Waals surface area contributed by atoms with Crippen molar-refractivity contribution in [1.29, 1.82) is 0 Å². The number of carbonyl (C=O) groups excluding carboxylic acids is 2. The summed E-state index contributed by atoms with van der Waals surface area (Å²) in [6.45, 7) is 0. The van der Waals surface area contributed by atoms with Crippen LogP contribution in [-0.2, 0) is 4.79 Å². The molecular weight excluding hydrogens is 354 g/mol. The molecule has 0 radical (unpaired) electrons. The van der Waals surface area contributed by atoms with Crippen molar-refractivity contribution in [3.63, 3.8) is 0 Å². The van der Waals surface area contributed by atoms with Gasteiger partial charge >= 0.3 is 0 Å². The van der Waals surface area contributed by atoms with Gasteiger partial charge in [0.2, 0.25) is 0 Å². The van der Waals surface area contributed by atoms with Gasteiger partial charge in [-0.1, -0.05) is 17.7 Å². The Labute approximate surface area is 154 Å². The largest absolute Gasteiger partial charge is 0.459 e. The normalized spacial score (nSPS) is 11.0. The zero-order valence-corrected chi connectivity index (χ0v) is 14.2. The average Bonchev–Trinajstić information content (AvgIpc) is 3.19. The number of furan rings is 1. The van der Waals surface area contributed by atoms with Crippen LogP contribution >= 0.6 is 11.6 Å². The lowest BCUT2D eigenvalue weighted by atomic mass is 10.2. The molecule has 0 aliphatic heterocycles. The van der Waals surface area contributed by atoms with Crippen LogP contribution < -0.4 is 10.6 Å². The number of aromatic nitrogens is 1. The van der Waals surface area contributed by atoms with E-state index in [-0.39, 0.29) is 11.5 Å². The summed E-state index contributed by atoms with van der Waals surface area (Å²) >= 11 is 5.85. The first-order chi connectivity index (χ1) is 12.6. The van der Waals surface area contributed by atoms with Crippen molar-refractivity contribution in [3.05, 3.63) is 89.2 Å². The fraction of sp³-hybridized carbons (Fsp3) is 0. The van der Waals surface area contributed by atoms with Gasteiger partial charge in [-0.2, -0.15) is 0 Å². The lowest BCUT2D eigenvalue weighted by molar-refractivity contribution is -0.113. The molecule has 26 heavy (non-hydrogen) atoms. The summed E-state index contributed by atoms with van der Waals surface area (Å²) in [6.07, 6.45) is 6.10. The van der Waals surface area contributed by atoms with E-state index >= 15 is 0 Å². The molecule has 0 spiro atoms. The van der Waals surface area contributed by atoms with Crippen molar-refractivity contribution in [2.24, 2.45) is 0 Å². The molecular formula is C19H14ClN3O3. The van der Waals surface area contributed by atoms with Gasteiger partial charge in [0, 0.05) is 23.1 Å². The maximum Gasteiger partial charge on any atom is 0.291 e. The van der Waals surface area contributed by atoms with Crippen LogP contribution in [0.15, 0.2) is 77.3 Å². The predicted octanol–water partition coefficient (Wildman–Crippen LogP) is 3.74. The molecule has 2 N–H and O–H groups in total. The Morgan fingerprint density at radius 3 is 2.54 bits per heavy atom. The number of hydrogen-bond donors (Lipinski definition) is 2. The van der Waals surface area contributed by atoms with E-state index in [4.69, 9.17) is 16.0 Å². The molecule has 0 saturated carbocycles. The van der Waals surface area contributed by atoms with Crippen LogP contribution in [-0.4, -0.2) is 16.8 Å². The van der Waals surface area contributed by atoms with Crippen LogP contribution in [0.4, 0.5) is 5.69 Å². The number of halogens is 1. The molecule has 3 rings (SSSR count). The molecule has 0 fully saturated rings. The molecule has 3 aromatic rings. The lowest BCUT2D eigenvalue weighted by Crippen LogP contribution is -2.30. The van der Waals surface area contributed by atoms with Crippen molar-refractivity contribution in [2.45, 2.75) is 0 Å². The molecule has 6 nitrogen and oxygen atoms in total. The Kier molecular flexibility index (Phi) is 5.46. The molecule has 2 heterocycles. The second-order valence-electron chi connectivity index (χ2n) is 5.24. The van der Waals surface area contributed by atoms with Gasteiger partial charge in [0.05, 0.1) is 6.26 Å². The number of amides is 2. The van der Waals surface area contributed by atoms with E-state index < -0.39 is 11.8 Å². The Morgan fingerprint density at radius 2 is 1.88 bits per heavy atom. The number of benzene rings is 1. The van der Waals surface area contributed by atoms with Crippen LogP contribution in [0.2, 0.25) is 5.02 Å². The van der Waals surface area contributed by atoms with Crippen LogP contribution in [0, 0.1) is 0 Å². The summed E-state index contributed by atoms with van der Waals surface area (Å²) in [7, 11) is 0. The molecule has 0 unspecified atom stereocenters. The second-order valence-corrected chi connectivity index (χ2v) is 5.67. The number of rotatable bonds is 5. The van der Waals surface area contributed by atoms with Crippen molar-refractivity contribution in [3.8, 4) is 0 Å². The number of nitrogens with zero attached hydrogens (tertiary/aromatic N) is 1. The molecule has 130 valence electrons. The molecule has 0 aliphatic rings. The summed E-state index contributed by atoms with van der Waals surface area (Å²) in [6, 6.07) is 13.2. The average molecular weight is 368 g/mol. The van der Waals surface area contributed by atoms with Crippen LogP contribution in [0.5, 0.6) is 0 Å². The molecule has 0 atom stereocenters. The van der Waals surface area contributed by atoms with E-state index in [1.165, 1.54) is 18.4 Å². The van der Waals surface area contributed by atoms with Crippen molar-refractivity contribution in [2.75, 3.05) is 5.32 Å². The SMILES string of the molecule is O=C(Nc1ccc(Cl)cc1)/C(=C\c1cccnc1)NC(=O)c1ccco1. The summed E-state index contributed by atoms with van der Waals surface area (Å²) in [4.78, 5) is 28.9. The highest BCUT2D eigenvalue weighted by Gasteiger charge is 2.16. The van der Waals surface area contributed by atoms with Gasteiger partial charge in [0.25, 0.3) is 11.8 Å². The van der Waals surface area contributed by atoms with E-state index in [0.717, 1.165) is 0 Å². The first kappa shape index (κ1) is 17.4. The summed E-state index contributed by atoms with van der Waals surface area (Å²) < 4.78 is 5.06. The third-order valence-corrected chi connectivity index (χ3v) is 3.59. The zero-order chi connectivity index (χ0) is 18.4. The molecule has 2 amide bonds. The Morgan fingerprint density at radius 1 is 1.08 bits per heavy atom. The van der Waals surface area contributed by atoms with Crippen LogP contribution in [0.25, 0.3) is 6.08 Å². The number of nitrogens with one attached hydrogen (secondary N) is 2. The van der Waals surface area contributed by atoms with E-state index in [2.05, 4.69) is 15.6 Å². The summed E-state index contributed by atoms with van der Waals surface area (Å²) in [5.41, 5.74) is 1.26. The van der Waals surface area contributed by atoms with Gasteiger partial charge in [-0.25, -0.2) is 0 Å². The van der Waals surface area contributed by atoms with Crippen molar-refractivity contribution in [1.82, 2.24) is 10.3 Å². The fourth-order valence-corrected chi connectivity index (χ4v) is 2.24. The van der Waals surface area contributed by atoms with Crippen LogP contribution in [0.1, 0.15) is 16.1 Å². The zero-order valence-electron chi connectivity index (χ0n) is 13.5. The topological polar surface area (TPSA) is 84.2 Å². The molecule has 7 heteroatoms. The quantitative estimate of drug-likeness (QED) is 0.673. The number of pyridine rings is 1. The van der Waals surface area contributed by atoms with E-state index in [9.17, 15) is 9.59 Å². The summed E-state index contributed by atoms with van der Waals surface area (Å²) in [5, 5.41) is 5.83. The Balaban J connectivity index is 1.84. The third kappa shape index (κ3) is 4.58. The highest BCUT2D eigenvalue weighted by atomic mass is 35.5. The Hall–Kier alpha value is -3.38. The van der Waals surface area contributed by atoms with Gasteiger partial charge in [0.15, 0.2) is 5.76 Å². The van der Waals surface area contributed by atoms with E-state index in [1.807, 2.05) is 0 Å². The maximum atomic E-state index is 12.6. The Bertz CT molecular complexity index is 920. The minimum absolute atomic E-state index is 0.0503. The smallest absolute Gasteiger partial charge is 0.291 e. The van der Waals surface area contributed by atoms with Gasteiger partial charge in [-0.05, 0) is 54.1 Å². The highest BCUT2D eigenvalue weighted by Crippen LogP contribution is 2.15. The van der Waals surface area contributed by atoms with E-state index in [0.29, 0.717) is 16.3 Å². The predicted molar refractivity (Wildman–Crippen MR) is 98.5 cm³/mol. The standard InChI is InChI=1S/C19H14ClN3O3/c20-14-5-7-15(8-6-14)22-18(24)16(11-13-3-1-9-21-12-13)23-19(25)17-4-2-10-26-17/h1-12H,(H,22,24)(H,23,25)/b16-11+. The van der Waals surface area contributed by atoms with Gasteiger partial charge in [-0.3, -0.25) is 14.6 Å². The second kappa shape index (κ2) is 8.13. The lowest BCUT2D eigenvalue weighted by Gasteiger charge is -2.10. The van der Waals surface area contributed by atoms with Gasteiger partial charge in [-0.15, -0.1) is 0 Å². The first-order valence-corrected chi connectivity index (χ1v) is 8.03. The molecule has 1 aromatic carbocycles. The minimum Gasteiger partial charge on any atom is -0.459 e. The monoisotopic (exact) mass is 367 g/mol. The highest BCUT2D eigenvalue weighted by molar-refractivity contribution is 6.30.